The number of aromatic carboxylic acids is 1. The molecule has 1 aliphatic rings. The number of nitrogen functional groups attached to an aromatic ring is 1. The number of benzene rings is 1. The summed E-state index contributed by atoms with van der Waals surface area (Å²) >= 11 is 0. The van der Waals surface area contributed by atoms with Crippen molar-refractivity contribution >= 4 is 17.3 Å². The Morgan fingerprint density at radius 1 is 1.56 bits per heavy atom. The summed E-state index contributed by atoms with van der Waals surface area (Å²) in [5.74, 6) is -0.937. The van der Waals surface area contributed by atoms with Gasteiger partial charge in [-0.25, -0.2) is 4.79 Å². The highest BCUT2D eigenvalue weighted by molar-refractivity contribution is 5.90. The molecule has 1 aromatic carbocycles. The van der Waals surface area contributed by atoms with Gasteiger partial charge >= 0.3 is 5.97 Å². The molecule has 0 radical (unpaired) electrons. The molecule has 98 valence electrons. The summed E-state index contributed by atoms with van der Waals surface area (Å²) in [7, 11) is 2.11. The van der Waals surface area contributed by atoms with Crippen molar-refractivity contribution in [2.75, 3.05) is 31.2 Å². The van der Waals surface area contributed by atoms with E-state index in [0.717, 1.165) is 19.1 Å². The number of nitrogens with zero attached hydrogens (tertiary/aromatic N) is 1. The average molecular weight is 249 g/mol. The predicted molar refractivity (Wildman–Crippen MR) is 72.0 cm³/mol. The lowest BCUT2D eigenvalue weighted by molar-refractivity contribution is 0.0697. The minimum atomic E-state index is -0.937. The van der Waals surface area contributed by atoms with Crippen molar-refractivity contribution in [3.05, 3.63) is 23.8 Å². The molecule has 1 aliphatic carbocycles. The molecule has 0 saturated heterocycles. The molecule has 1 aromatic rings. The standard InChI is InChI=1S/C13H19N3O2/c1-16(10-3-4-10)7-6-15-12-8-9(13(17)18)2-5-11(12)14/h2,5,8,10,15H,3-4,6-7,14H2,1H3,(H,17,18). The molecule has 0 spiro atoms. The Labute approximate surface area is 107 Å². The van der Waals surface area contributed by atoms with E-state index < -0.39 is 5.97 Å². The molecule has 0 atom stereocenters. The van der Waals surface area contributed by atoms with Gasteiger partial charge in [0, 0.05) is 19.1 Å². The van der Waals surface area contributed by atoms with Crippen LogP contribution in [0.4, 0.5) is 11.4 Å². The Morgan fingerprint density at radius 3 is 2.89 bits per heavy atom. The maximum absolute atomic E-state index is 10.9. The lowest BCUT2D eigenvalue weighted by atomic mass is 10.1. The maximum Gasteiger partial charge on any atom is 0.335 e. The van der Waals surface area contributed by atoms with Crippen LogP contribution in [0.5, 0.6) is 0 Å². The summed E-state index contributed by atoms with van der Waals surface area (Å²) in [6.07, 6.45) is 2.57. The van der Waals surface area contributed by atoms with Crippen LogP contribution in [0.25, 0.3) is 0 Å². The van der Waals surface area contributed by atoms with E-state index in [1.807, 2.05) is 0 Å². The largest absolute Gasteiger partial charge is 0.478 e. The summed E-state index contributed by atoms with van der Waals surface area (Å²) in [6.45, 7) is 1.70. The van der Waals surface area contributed by atoms with Crippen LogP contribution in [-0.4, -0.2) is 42.2 Å². The Bertz CT molecular complexity index is 444. The fraction of sp³-hybridized carbons (Fsp3) is 0.462. The number of hydrogen-bond donors (Lipinski definition) is 3. The second-order valence-electron chi connectivity index (χ2n) is 4.75. The van der Waals surface area contributed by atoms with E-state index in [2.05, 4.69) is 17.3 Å². The summed E-state index contributed by atoms with van der Waals surface area (Å²) in [5, 5.41) is 12.1. The Morgan fingerprint density at radius 2 is 2.28 bits per heavy atom. The zero-order valence-electron chi connectivity index (χ0n) is 10.5. The van der Waals surface area contributed by atoms with E-state index in [1.54, 1.807) is 12.1 Å². The average Bonchev–Trinajstić information content (AvgIpc) is 3.15. The molecule has 18 heavy (non-hydrogen) atoms. The number of nitrogens with two attached hydrogens (primary N) is 1. The number of hydrogen-bond acceptors (Lipinski definition) is 4. The molecule has 4 N–H and O–H groups in total. The number of nitrogens with one attached hydrogen (secondary N) is 1. The quantitative estimate of drug-likeness (QED) is 0.665. The summed E-state index contributed by atoms with van der Waals surface area (Å²) in [4.78, 5) is 13.2. The molecule has 0 aliphatic heterocycles. The number of rotatable bonds is 6. The number of carboxylic acids is 1. The number of anilines is 2. The molecular weight excluding hydrogens is 230 g/mol. The van der Waals surface area contributed by atoms with E-state index in [1.165, 1.54) is 18.9 Å². The summed E-state index contributed by atoms with van der Waals surface area (Å²) in [5.41, 5.74) is 7.33. The van der Waals surface area contributed by atoms with E-state index >= 15 is 0 Å². The van der Waals surface area contributed by atoms with Gasteiger partial charge in [-0.15, -0.1) is 0 Å². The molecule has 1 fully saturated rings. The Hall–Kier alpha value is -1.75. The van der Waals surface area contributed by atoms with Gasteiger partial charge < -0.3 is 21.1 Å². The minimum absolute atomic E-state index is 0.252. The first-order valence-corrected chi connectivity index (χ1v) is 6.15. The smallest absolute Gasteiger partial charge is 0.335 e. The molecule has 0 bridgehead atoms. The zero-order chi connectivity index (χ0) is 13.1. The van der Waals surface area contributed by atoms with Crippen molar-refractivity contribution < 1.29 is 9.90 Å². The molecule has 0 heterocycles. The van der Waals surface area contributed by atoms with Gasteiger partial charge in [0.1, 0.15) is 0 Å². The number of carboxylic acid groups (broad SMARTS) is 1. The summed E-state index contributed by atoms with van der Waals surface area (Å²) < 4.78 is 0. The minimum Gasteiger partial charge on any atom is -0.478 e. The van der Waals surface area contributed by atoms with Crippen molar-refractivity contribution in [1.82, 2.24) is 4.90 Å². The SMILES string of the molecule is CN(CCNc1cc(C(=O)O)ccc1N)C1CC1. The van der Waals surface area contributed by atoms with Crippen LogP contribution in [0, 0.1) is 0 Å². The van der Waals surface area contributed by atoms with Crippen molar-refractivity contribution in [1.29, 1.82) is 0 Å². The van der Waals surface area contributed by atoms with Crippen LogP contribution in [-0.2, 0) is 0 Å². The van der Waals surface area contributed by atoms with Crippen molar-refractivity contribution in [2.45, 2.75) is 18.9 Å². The van der Waals surface area contributed by atoms with E-state index in [4.69, 9.17) is 10.8 Å². The monoisotopic (exact) mass is 249 g/mol. The van der Waals surface area contributed by atoms with E-state index in [0.29, 0.717) is 11.4 Å². The fourth-order valence-corrected chi connectivity index (χ4v) is 1.91. The van der Waals surface area contributed by atoms with Gasteiger partial charge in [0.2, 0.25) is 0 Å². The van der Waals surface area contributed by atoms with Gasteiger partial charge in [-0.1, -0.05) is 0 Å². The second-order valence-corrected chi connectivity index (χ2v) is 4.75. The van der Waals surface area contributed by atoms with Gasteiger partial charge in [-0.05, 0) is 38.1 Å². The first-order chi connectivity index (χ1) is 8.58. The zero-order valence-corrected chi connectivity index (χ0v) is 10.5. The lowest BCUT2D eigenvalue weighted by Gasteiger charge is -2.17. The molecule has 0 unspecified atom stereocenters. The Kier molecular flexibility index (Phi) is 3.72. The first kappa shape index (κ1) is 12.7. The third-order valence-electron chi connectivity index (χ3n) is 3.25. The normalized spacial score (nSPS) is 14.8. The second kappa shape index (κ2) is 5.27. The third-order valence-corrected chi connectivity index (χ3v) is 3.25. The van der Waals surface area contributed by atoms with Crippen LogP contribution in [0.2, 0.25) is 0 Å². The van der Waals surface area contributed by atoms with Crippen molar-refractivity contribution in [3.8, 4) is 0 Å². The molecule has 2 rings (SSSR count). The van der Waals surface area contributed by atoms with Crippen LogP contribution in [0.1, 0.15) is 23.2 Å². The van der Waals surface area contributed by atoms with Crippen LogP contribution >= 0.6 is 0 Å². The fourth-order valence-electron chi connectivity index (χ4n) is 1.91. The van der Waals surface area contributed by atoms with E-state index in [9.17, 15) is 4.79 Å². The molecular formula is C13H19N3O2. The van der Waals surface area contributed by atoms with Gasteiger partial charge in [0.05, 0.1) is 16.9 Å². The first-order valence-electron chi connectivity index (χ1n) is 6.15. The van der Waals surface area contributed by atoms with Crippen LogP contribution in [0.3, 0.4) is 0 Å². The Balaban J connectivity index is 1.91. The van der Waals surface area contributed by atoms with E-state index in [-0.39, 0.29) is 5.56 Å². The van der Waals surface area contributed by atoms with Crippen molar-refractivity contribution in [2.24, 2.45) is 0 Å². The molecule has 5 heteroatoms. The lowest BCUT2D eigenvalue weighted by Crippen LogP contribution is -2.27. The van der Waals surface area contributed by atoms with Crippen molar-refractivity contribution in [3.63, 3.8) is 0 Å². The van der Waals surface area contributed by atoms with Crippen LogP contribution < -0.4 is 11.1 Å². The molecule has 1 saturated carbocycles. The molecule has 5 nitrogen and oxygen atoms in total. The highest BCUT2D eigenvalue weighted by atomic mass is 16.4. The number of likely N-dealkylation sites (N-methyl/N-ethyl adjacent to an activating group) is 1. The predicted octanol–water partition coefficient (Wildman–Crippen LogP) is 1.47. The highest BCUT2D eigenvalue weighted by Crippen LogP contribution is 2.25. The molecule has 0 aromatic heterocycles. The maximum atomic E-state index is 10.9. The third kappa shape index (κ3) is 3.13. The van der Waals surface area contributed by atoms with Gasteiger partial charge in [-0.3, -0.25) is 0 Å². The van der Waals surface area contributed by atoms with Gasteiger partial charge in [0.15, 0.2) is 0 Å². The van der Waals surface area contributed by atoms with Crippen LogP contribution in [0.15, 0.2) is 18.2 Å². The van der Waals surface area contributed by atoms with Gasteiger partial charge in [-0.2, -0.15) is 0 Å². The van der Waals surface area contributed by atoms with Gasteiger partial charge in [0.25, 0.3) is 0 Å². The summed E-state index contributed by atoms with van der Waals surface area (Å²) in [6, 6.07) is 5.44. The molecule has 0 amide bonds. The topological polar surface area (TPSA) is 78.6 Å². The number of carbonyl (C=O) groups is 1. The highest BCUT2D eigenvalue weighted by Gasteiger charge is 2.25.